The van der Waals surface area contributed by atoms with Crippen LogP contribution in [0.15, 0.2) is 42.5 Å². The fraction of sp³-hybridized carbons (Fsp3) is 0. The third-order valence-corrected chi connectivity index (χ3v) is 2.24. The fourth-order valence-corrected chi connectivity index (χ4v) is 1.47. The van der Waals surface area contributed by atoms with Crippen LogP contribution in [0.1, 0.15) is 0 Å². The zero-order valence-electron chi connectivity index (χ0n) is 8.77. The lowest BCUT2D eigenvalue weighted by molar-refractivity contribution is 1.54. The summed E-state index contributed by atoms with van der Waals surface area (Å²) in [5.41, 5.74) is 20.8. The molecule has 2 aromatic rings. The van der Waals surface area contributed by atoms with Gasteiger partial charge in [0.1, 0.15) is 0 Å². The predicted octanol–water partition coefficient (Wildman–Crippen LogP) is 2.18. The van der Waals surface area contributed by atoms with E-state index in [0.717, 1.165) is 11.4 Å². The first kappa shape index (κ1) is 10.2. The van der Waals surface area contributed by atoms with Crippen molar-refractivity contribution < 1.29 is 0 Å². The summed E-state index contributed by atoms with van der Waals surface area (Å²) in [6.07, 6.45) is 0. The van der Waals surface area contributed by atoms with Crippen molar-refractivity contribution in [3.8, 4) is 0 Å². The maximum Gasteiger partial charge on any atom is 0.0619 e. The molecule has 0 heterocycles. The maximum absolute atomic E-state index is 5.83. The molecule has 4 heteroatoms. The molecule has 0 radical (unpaired) electrons. The summed E-state index contributed by atoms with van der Waals surface area (Å²) in [5.74, 6) is 0. The zero-order chi connectivity index (χ0) is 11.5. The highest BCUT2D eigenvalue weighted by atomic mass is 14.9. The van der Waals surface area contributed by atoms with Crippen LogP contribution in [0.5, 0.6) is 0 Å². The van der Waals surface area contributed by atoms with Gasteiger partial charge in [-0.3, -0.25) is 0 Å². The zero-order valence-corrected chi connectivity index (χ0v) is 8.77. The molecule has 0 aliphatic heterocycles. The van der Waals surface area contributed by atoms with Gasteiger partial charge in [-0.1, -0.05) is 6.07 Å². The summed E-state index contributed by atoms with van der Waals surface area (Å²) in [4.78, 5) is 0. The first-order valence-electron chi connectivity index (χ1n) is 4.93. The average Bonchev–Trinajstić information content (AvgIpc) is 2.22. The Labute approximate surface area is 94.1 Å². The van der Waals surface area contributed by atoms with E-state index in [-0.39, 0.29) is 0 Å². The van der Waals surface area contributed by atoms with Crippen LogP contribution >= 0.6 is 0 Å². The van der Waals surface area contributed by atoms with E-state index < -0.39 is 0 Å². The van der Waals surface area contributed by atoms with Gasteiger partial charge in [-0.25, -0.2) is 0 Å². The number of nitrogen functional groups attached to an aromatic ring is 3. The Kier molecular flexibility index (Phi) is 2.55. The van der Waals surface area contributed by atoms with Crippen LogP contribution in [0.25, 0.3) is 0 Å². The van der Waals surface area contributed by atoms with Crippen LogP contribution in [-0.4, -0.2) is 0 Å². The summed E-state index contributed by atoms with van der Waals surface area (Å²) in [7, 11) is 0. The molecule has 0 saturated carbocycles. The Morgan fingerprint density at radius 1 is 0.812 bits per heavy atom. The summed E-state index contributed by atoms with van der Waals surface area (Å²) in [5, 5.41) is 3.18. The van der Waals surface area contributed by atoms with Gasteiger partial charge in [0.15, 0.2) is 0 Å². The number of nitrogens with one attached hydrogen (secondary N) is 1. The smallest absolute Gasteiger partial charge is 0.0619 e. The maximum atomic E-state index is 5.83. The van der Waals surface area contributed by atoms with Crippen molar-refractivity contribution in [1.29, 1.82) is 0 Å². The molecule has 0 aliphatic carbocycles. The molecule has 4 nitrogen and oxygen atoms in total. The van der Waals surface area contributed by atoms with E-state index in [1.807, 2.05) is 30.3 Å². The summed E-state index contributed by atoms with van der Waals surface area (Å²) in [6, 6.07) is 12.8. The number of hydrogen-bond acceptors (Lipinski definition) is 4. The van der Waals surface area contributed by atoms with E-state index >= 15 is 0 Å². The largest absolute Gasteiger partial charge is 0.399 e. The van der Waals surface area contributed by atoms with Gasteiger partial charge < -0.3 is 22.5 Å². The van der Waals surface area contributed by atoms with Crippen molar-refractivity contribution in [1.82, 2.24) is 0 Å². The Morgan fingerprint density at radius 3 is 2.25 bits per heavy atom. The SMILES string of the molecule is Nc1cccc(Nc2ccc(N)cc2N)c1. The standard InChI is InChI=1S/C12H14N4/c13-8-2-1-3-10(6-8)16-12-5-4-9(14)7-11(12)15/h1-7,16H,13-15H2. The van der Waals surface area contributed by atoms with Gasteiger partial charge in [0.2, 0.25) is 0 Å². The minimum atomic E-state index is 0.613. The van der Waals surface area contributed by atoms with Crippen LogP contribution in [-0.2, 0) is 0 Å². The van der Waals surface area contributed by atoms with E-state index in [9.17, 15) is 0 Å². The summed E-state index contributed by atoms with van der Waals surface area (Å²) in [6.45, 7) is 0. The molecule has 2 rings (SSSR count). The third-order valence-electron chi connectivity index (χ3n) is 2.24. The lowest BCUT2D eigenvalue weighted by atomic mass is 10.2. The average molecular weight is 214 g/mol. The van der Waals surface area contributed by atoms with Crippen molar-refractivity contribution in [2.45, 2.75) is 0 Å². The Balaban J connectivity index is 2.27. The molecule has 0 bridgehead atoms. The molecule has 0 saturated heterocycles. The first-order valence-corrected chi connectivity index (χ1v) is 4.93. The molecule has 16 heavy (non-hydrogen) atoms. The summed E-state index contributed by atoms with van der Waals surface area (Å²) < 4.78 is 0. The second-order valence-electron chi connectivity index (χ2n) is 3.60. The second kappa shape index (κ2) is 4.02. The molecule has 0 amide bonds. The number of anilines is 5. The Morgan fingerprint density at radius 2 is 1.56 bits per heavy atom. The lowest BCUT2D eigenvalue weighted by Gasteiger charge is -2.10. The third kappa shape index (κ3) is 2.17. The van der Waals surface area contributed by atoms with Gasteiger partial charge in [-0.2, -0.15) is 0 Å². The lowest BCUT2D eigenvalue weighted by Crippen LogP contribution is -1.98. The highest BCUT2D eigenvalue weighted by Crippen LogP contribution is 2.25. The molecule has 82 valence electrons. The van der Waals surface area contributed by atoms with Crippen molar-refractivity contribution in [3.63, 3.8) is 0 Å². The van der Waals surface area contributed by atoms with Crippen molar-refractivity contribution in [3.05, 3.63) is 42.5 Å². The van der Waals surface area contributed by atoms with Crippen LogP contribution in [0, 0.1) is 0 Å². The van der Waals surface area contributed by atoms with Gasteiger partial charge >= 0.3 is 0 Å². The number of nitrogens with two attached hydrogens (primary N) is 3. The number of benzene rings is 2. The van der Waals surface area contributed by atoms with Gasteiger partial charge in [-0.15, -0.1) is 0 Å². The highest BCUT2D eigenvalue weighted by molar-refractivity contribution is 5.76. The molecule has 0 atom stereocenters. The first-order chi connectivity index (χ1) is 7.65. The molecule has 0 spiro atoms. The van der Waals surface area contributed by atoms with Crippen molar-refractivity contribution in [2.75, 3.05) is 22.5 Å². The molecule has 7 N–H and O–H groups in total. The van der Waals surface area contributed by atoms with Crippen LogP contribution in [0.3, 0.4) is 0 Å². The minimum absolute atomic E-state index is 0.613. The predicted molar refractivity (Wildman–Crippen MR) is 69.4 cm³/mol. The van der Waals surface area contributed by atoms with E-state index in [1.54, 1.807) is 12.1 Å². The minimum Gasteiger partial charge on any atom is -0.399 e. The molecular weight excluding hydrogens is 200 g/mol. The summed E-state index contributed by atoms with van der Waals surface area (Å²) >= 11 is 0. The highest BCUT2D eigenvalue weighted by Gasteiger charge is 2.00. The monoisotopic (exact) mass is 214 g/mol. The Hall–Kier alpha value is -2.36. The quantitative estimate of drug-likeness (QED) is 0.577. The van der Waals surface area contributed by atoms with Crippen LogP contribution in [0.2, 0.25) is 0 Å². The molecule has 0 unspecified atom stereocenters. The van der Waals surface area contributed by atoms with Crippen molar-refractivity contribution in [2.24, 2.45) is 0 Å². The van der Waals surface area contributed by atoms with Crippen molar-refractivity contribution >= 4 is 28.4 Å². The number of hydrogen-bond donors (Lipinski definition) is 4. The molecular formula is C12H14N4. The fourth-order valence-electron chi connectivity index (χ4n) is 1.47. The van der Waals surface area contributed by atoms with Gasteiger partial charge in [0, 0.05) is 17.1 Å². The van der Waals surface area contributed by atoms with E-state index in [1.165, 1.54) is 0 Å². The normalized spacial score (nSPS) is 10.0. The molecule has 2 aromatic carbocycles. The Bertz CT molecular complexity index is 508. The second-order valence-corrected chi connectivity index (χ2v) is 3.60. The van der Waals surface area contributed by atoms with Gasteiger partial charge in [-0.05, 0) is 36.4 Å². The van der Waals surface area contributed by atoms with Crippen LogP contribution < -0.4 is 22.5 Å². The number of rotatable bonds is 2. The van der Waals surface area contributed by atoms with E-state index in [4.69, 9.17) is 17.2 Å². The van der Waals surface area contributed by atoms with Gasteiger partial charge in [0.05, 0.1) is 11.4 Å². The van der Waals surface area contributed by atoms with Gasteiger partial charge in [0.25, 0.3) is 0 Å². The van der Waals surface area contributed by atoms with Crippen LogP contribution in [0.4, 0.5) is 28.4 Å². The molecule has 0 fully saturated rings. The van der Waals surface area contributed by atoms with E-state index in [0.29, 0.717) is 17.1 Å². The van der Waals surface area contributed by atoms with E-state index in [2.05, 4.69) is 5.32 Å². The molecule has 0 aromatic heterocycles. The topological polar surface area (TPSA) is 90.1 Å². The molecule has 0 aliphatic rings.